The molecule has 1 heterocycles. The first-order valence-corrected chi connectivity index (χ1v) is 7.43. The van der Waals surface area contributed by atoms with Crippen LogP contribution in [0.25, 0.3) is 10.9 Å². The van der Waals surface area contributed by atoms with Gasteiger partial charge in [-0.3, -0.25) is 4.79 Å². The molecule has 5 heteroatoms. The van der Waals surface area contributed by atoms with E-state index < -0.39 is 0 Å². The van der Waals surface area contributed by atoms with E-state index in [-0.39, 0.29) is 5.91 Å². The number of nitrogens with one attached hydrogen (secondary N) is 2. The number of aromatic nitrogens is 1. The molecule has 0 radical (unpaired) electrons. The van der Waals surface area contributed by atoms with Gasteiger partial charge in [0, 0.05) is 31.4 Å². The smallest absolute Gasteiger partial charge is 0.257 e. The standard InChI is InChI=1S/C15H10ClIN2O/c16-9-3-1-4-10(7-9)19-15(20)11-8-18-13-6-2-5-12(17)14(11)13/h1-8,18H,(H,19,20). The molecule has 0 spiro atoms. The molecule has 20 heavy (non-hydrogen) atoms. The van der Waals surface area contributed by atoms with E-state index in [1.165, 1.54) is 0 Å². The van der Waals surface area contributed by atoms with Gasteiger partial charge in [0.25, 0.3) is 5.91 Å². The maximum absolute atomic E-state index is 12.4. The third-order valence-corrected chi connectivity index (χ3v) is 4.12. The van der Waals surface area contributed by atoms with Crippen LogP contribution in [0.4, 0.5) is 5.69 Å². The first kappa shape index (κ1) is 13.5. The molecule has 0 bridgehead atoms. The highest BCUT2D eigenvalue weighted by Crippen LogP contribution is 2.25. The zero-order chi connectivity index (χ0) is 14.1. The van der Waals surface area contributed by atoms with Gasteiger partial charge in [0.05, 0.1) is 5.56 Å². The molecule has 3 nitrogen and oxygen atoms in total. The summed E-state index contributed by atoms with van der Waals surface area (Å²) in [5, 5.41) is 4.39. The predicted octanol–water partition coefficient (Wildman–Crippen LogP) is 4.68. The molecule has 0 saturated heterocycles. The Kier molecular flexibility index (Phi) is 3.67. The molecule has 2 N–H and O–H groups in total. The number of halogens is 2. The van der Waals surface area contributed by atoms with Gasteiger partial charge in [-0.1, -0.05) is 23.7 Å². The fourth-order valence-corrected chi connectivity index (χ4v) is 3.06. The fourth-order valence-electron chi connectivity index (χ4n) is 2.08. The Morgan fingerprint density at radius 1 is 1.20 bits per heavy atom. The minimum atomic E-state index is -0.150. The summed E-state index contributed by atoms with van der Waals surface area (Å²) in [5.41, 5.74) is 2.26. The van der Waals surface area contributed by atoms with Crippen molar-refractivity contribution in [2.24, 2.45) is 0 Å². The summed E-state index contributed by atoms with van der Waals surface area (Å²) in [4.78, 5) is 15.5. The molecule has 0 unspecified atom stereocenters. The van der Waals surface area contributed by atoms with Crippen LogP contribution >= 0.6 is 34.2 Å². The molecule has 2 aromatic carbocycles. The van der Waals surface area contributed by atoms with Crippen molar-refractivity contribution in [1.82, 2.24) is 4.98 Å². The van der Waals surface area contributed by atoms with Gasteiger partial charge in [0.2, 0.25) is 0 Å². The van der Waals surface area contributed by atoms with E-state index in [1.807, 2.05) is 24.3 Å². The van der Waals surface area contributed by atoms with Crippen LogP contribution in [0.3, 0.4) is 0 Å². The maximum atomic E-state index is 12.4. The van der Waals surface area contributed by atoms with Crippen molar-refractivity contribution >= 4 is 56.7 Å². The van der Waals surface area contributed by atoms with Crippen LogP contribution in [0.5, 0.6) is 0 Å². The van der Waals surface area contributed by atoms with Gasteiger partial charge in [-0.05, 0) is 52.9 Å². The van der Waals surface area contributed by atoms with Gasteiger partial charge in [-0.2, -0.15) is 0 Å². The summed E-state index contributed by atoms with van der Waals surface area (Å²) >= 11 is 8.14. The molecule has 0 fully saturated rings. The minimum Gasteiger partial charge on any atom is -0.360 e. The number of benzene rings is 2. The molecule has 0 saturated carbocycles. The number of H-pyrrole nitrogens is 1. The summed E-state index contributed by atoms with van der Waals surface area (Å²) in [5.74, 6) is -0.150. The normalized spacial score (nSPS) is 10.7. The van der Waals surface area contributed by atoms with E-state index in [1.54, 1.807) is 24.4 Å². The van der Waals surface area contributed by atoms with Crippen LogP contribution in [0.1, 0.15) is 10.4 Å². The topological polar surface area (TPSA) is 44.9 Å². The van der Waals surface area contributed by atoms with E-state index >= 15 is 0 Å². The number of rotatable bonds is 2. The quantitative estimate of drug-likeness (QED) is 0.607. The molecular formula is C15H10ClIN2O. The Morgan fingerprint density at radius 2 is 2.00 bits per heavy atom. The number of fused-ring (bicyclic) bond motifs is 1. The van der Waals surface area contributed by atoms with Crippen molar-refractivity contribution in [3.8, 4) is 0 Å². The Labute approximate surface area is 134 Å². The number of hydrogen-bond acceptors (Lipinski definition) is 1. The molecule has 0 aliphatic rings. The van der Waals surface area contributed by atoms with Crippen molar-refractivity contribution in [1.29, 1.82) is 0 Å². The summed E-state index contributed by atoms with van der Waals surface area (Å²) in [6.07, 6.45) is 1.73. The van der Waals surface area contributed by atoms with E-state index in [0.29, 0.717) is 16.3 Å². The lowest BCUT2D eigenvalue weighted by Gasteiger charge is -2.05. The Bertz CT molecular complexity index is 797. The number of amides is 1. The third kappa shape index (κ3) is 2.53. The number of aromatic amines is 1. The fraction of sp³-hybridized carbons (Fsp3) is 0. The molecule has 3 rings (SSSR count). The van der Waals surface area contributed by atoms with Crippen molar-refractivity contribution in [3.05, 3.63) is 62.8 Å². The van der Waals surface area contributed by atoms with Gasteiger partial charge in [-0.25, -0.2) is 0 Å². The lowest BCUT2D eigenvalue weighted by molar-refractivity contribution is 0.102. The van der Waals surface area contributed by atoms with Crippen molar-refractivity contribution in [3.63, 3.8) is 0 Å². The van der Waals surface area contributed by atoms with Crippen LogP contribution in [0.15, 0.2) is 48.7 Å². The second-order valence-electron chi connectivity index (χ2n) is 4.33. The van der Waals surface area contributed by atoms with Crippen LogP contribution in [0.2, 0.25) is 5.02 Å². The van der Waals surface area contributed by atoms with Crippen LogP contribution in [-0.4, -0.2) is 10.9 Å². The SMILES string of the molecule is O=C(Nc1cccc(Cl)c1)c1c[nH]c2cccc(I)c12. The van der Waals surface area contributed by atoms with E-state index in [0.717, 1.165) is 14.5 Å². The molecule has 100 valence electrons. The Morgan fingerprint density at radius 3 is 2.80 bits per heavy atom. The number of hydrogen-bond donors (Lipinski definition) is 2. The Balaban J connectivity index is 1.97. The van der Waals surface area contributed by atoms with Gasteiger partial charge in [0.1, 0.15) is 0 Å². The van der Waals surface area contributed by atoms with Gasteiger partial charge in [0.15, 0.2) is 0 Å². The van der Waals surface area contributed by atoms with Gasteiger partial charge < -0.3 is 10.3 Å². The summed E-state index contributed by atoms with van der Waals surface area (Å²) < 4.78 is 1.04. The van der Waals surface area contributed by atoms with E-state index in [9.17, 15) is 4.79 Å². The highest BCUT2D eigenvalue weighted by atomic mass is 127. The summed E-state index contributed by atoms with van der Waals surface area (Å²) in [6, 6.07) is 13.0. The first-order chi connectivity index (χ1) is 9.65. The average Bonchev–Trinajstić information content (AvgIpc) is 2.84. The molecular weight excluding hydrogens is 387 g/mol. The average molecular weight is 397 g/mol. The van der Waals surface area contributed by atoms with Crippen molar-refractivity contribution in [2.75, 3.05) is 5.32 Å². The molecule has 0 aliphatic carbocycles. The molecule has 0 aliphatic heterocycles. The van der Waals surface area contributed by atoms with Gasteiger partial charge >= 0.3 is 0 Å². The molecule has 0 atom stereocenters. The molecule has 3 aromatic rings. The highest BCUT2D eigenvalue weighted by molar-refractivity contribution is 14.1. The van der Waals surface area contributed by atoms with Crippen LogP contribution < -0.4 is 5.32 Å². The largest absolute Gasteiger partial charge is 0.360 e. The van der Waals surface area contributed by atoms with E-state index in [2.05, 4.69) is 32.9 Å². The first-order valence-electron chi connectivity index (χ1n) is 5.97. The minimum absolute atomic E-state index is 0.150. The maximum Gasteiger partial charge on any atom is 0.257 e. The summed E-state index contributed by atoms with van der Waals surface area (Å²) in [7, 11) is 0. The van der Waals surface area contributed by atoms with Crippen molar-refractivity contribution < 1.29 is 4.79 Å². The molecule has 1 amide bonds. The zero-order valence-electron chi connectivity index (χ0n) is 10.3. The van der Waals surface area contributed by atoms with Gasteiger partial charge in [-0.15, -0.1) is 0 Å². The zero-order valence-corrected chi connectivity index (χ0v) is 13.2. The second kappa shape index (κ2) is 5.46. The lowest BCUT2D eigenvalue weighted by atomic mass is 10.1. The highest BCUT2D eigenvalue weighted by Gasteiger charge is 2.14. The van der Waals surface area contributed by atoms with Crippen LogP contribution in [0, 0.1) is 3.57 Å². The monoisotopic (exact) mass is 396 g/mol. The second-order valence-corrected chi connectivity index (χ2v) is 5.93. The number of carbonyl (C=O) groups is 1. The number of anilines is 1. The van der Waals surface area contributed by atoms with E-state index in [4.69, 9.17) is 11.6 Å². The summed E-state index contributed by atoms with van der Waals surface area (Å²) in [6.45, 7) is 0. The predicted molar refractivity (Wildman–Crippen MR) is 90.4 cm³/mol. The van der Waals surface area contributed by atoms with Crippen LogP contribution in [-0.2, 0) is 0 Å². The van der Waals surface area contributed by atoms with Crippen molar-refractivity contribution in [2.45, 2.75) is 0 Å². The Hall–Kier alpha value is -1.53. The molecule has 1 aromatic heterocycles. The lowest BCUT2D eigenvalue weighted by Crippen LogP contribution is -2.11. The number of carbonyl (C=O) groups excluding carboxylic acids is 1. The third-order valence-electron chi connectivity index (χ3n) is 2.98.